The highest BCUT2D eigenvalue weighted by Crippen LogP contribution is 2.27. The molecule has 0 spiro atoms. The number of alkyl halides is 1. The van der Waals surface area contributed by atoms with E-state index in [1.165, 1.54) is 4.57 Å². The van der Waals surface area contributed by atoms with E-state index in [1.54, 1.807) is 11.8 Å². The van der Waals surface area contributed by atoms with Gasteiger partial charge in [-0.25, -0.2) is 18.2 Å². The molecule has 1 amide bonds. The molecule has 1 aliphatic heterocycles. The molecular formula is C16H20F3N5O. The second kappa shape index (κ2) is 6.91. The maximum atomic E-state index is 13.7. The Bertz CT molecular complexity index is 794. The van der Waals surface area contributed by atoms with Gasteiger partial charge in [0.1, 0.15) is 12.7 Å². The number of carbonyl (C=O) groups excluding carboxylic acids is 1. The average Bonchev–Trinajstić information content (AvgIpc) is 2.88. The van der Waals surface area contributed by atoms with Crippen LogP contribution in [-0.2, 0) is 11.3 Å². The minimum Gasteiger partial charge on any atom is -0.355 e. The van der Waals surface area contributed by atoms with Crippen LogP contribution >= 0.6 is 0 Å². The number of benzene rings is 1. The molecule has 0 bridgehead atoms. The van der Waals surface area contributed by atoms with Crippen molar-refractivity contribution in [2.75, 3.05) is 24.5 Å². The zero-order valence-electron chi connectivity index (χ0n) is 13.8. The number of fused-ring (bicyclic) bond motifs is 1. The van der Waals surface area contributed by atoms with E-state index in [1.807, 2.05) is 0 Å². The summed E-state index contributed by atoms with van der Waals surface area (Å²) >= 11 is 0. The molecule has 0 radical (unpaired) electrons. The lowest BCUT2D eigenvalue weighted by Crippen LogP contribution is -2.50. The summed E-state index contributed by atoms with van der Waals surface area (Å²) in [6.45, 7) is 2.70. The van der Waals surface area contributed by atoms with Crippen molar-refractivity contribution in [1.29, 1.82) is 0 Å². The van der Waals surface area contributed by atoms with E-state index in [4.69, 9.17) is 5.73 Å². The Morgan fingerprint density at radius 3 is 2.80 bits per heavy atom. The van der Waals surface area contributed by atoms with Crippen molar-refractivity contribution in [2.24, 2.45) is 5.73 Å². The van der Waals surface area contributed by atoms with Gasteiger partial charge in [-0.05, 0) is 13.3 Å². The molecule has 0 saturated carbocycles. The molecule has 1 aromatic carbocycles. The number of nitrogens with zero attached hydrogens (tertiary/aromatic N) is 3. The molecule has 1 aliphatic rings. The molecule has 9 heteroatoms. The van der Waals surface area contributed by atoms with Gasteiger partial charge in [0, 0.05) is 31.8 Å². The van der Waals surface area contributed by atoms with Crippen LogP contribution in [0, 0.1) is 11.6 Å². The van der Waals surface area contributed by atoms with Crippen molar-refractivity contribution in [3.63, 3.8) is 0 Å². The van der Waals surface area contributed by atoms with Gasteiger partial charge in [-0.1, -0.05) is 0 Å². The lowest BCUT2D eigenvalue weighted by molar-refractivity contribution is -0.121. The van der Waals surface area contributed by atoms with Crippen LogP contribution in [0.25, 0.3) is 11.0 Å². The second-order valence-corrected chi connectivity index (χ2v) is 6.12. The quantitative estimate of drug-likeness (QED) is 0.868. The zero-order chi connectivity index (χ0) is 18.1. The second-order valence-electron chi connectivity index (χ2n) is 6.12. The molecular weight excluding hydrogens is 335 g/mol. The van der Waals surface area contributed by atoms with Gasteiger partial charge >= 0.3 is 0 Å². The molecule has 1 aromatic heterocycles. The van der Waals surface area contributed by atoms with Gasteiger partial charge < -0.3 is 20.5 Å². The molecule has 3 N–H and O–H groups in total. The van der Waals surface area contributed by atoms with Crippen LogP contribution < -0.4 is 16.0 Å². The fraction of sp³-hybridized carbons (Fsp3) is 0.500. The Kier molecular flexibility index (Phi) is 4.85. The summed E-state index contributed by atoms with van der Waals surface area (Å²) < 4.78 is 42.4. The minimum atomic E-state index is -1.10. The number of halogens is 3. The summed E-state index contributed by atoms with van der Waals surface area (Å²) in [5, 5.41) is 2.66. The van der Waals surface area contributed by atoms with E-state index in [9.17, 15) is 18.0 Å². The molecule has 1 saturated heterocycles. The lowest BCUT2D eigenvalue weighted by atomic mass is 10.1. The van der Waals surface area contributed by atoms with E-state index in [0.29, 0.717) is 24.6 Å². The number of aromatic nitrogens is 2. The highest BCUT2D eigenvalue weighted by atomic mass is 19.2. The molecule has 0 unspecified atom stereocenters. The van der Waals surface area contributed by atoms with Gasteiger partial charge in [-0.2, -0.15) is 0 Å². The summed E-state index contributed by atoms with van der Waals surface area (Å²) in [6, 6.07) is 1.33. The SMILES string of the molecule is CCNC(=O)Cn1c(N2CC[C@@H](F)[C@H](N)C2)nc2cc(F)c(F)cc21. The van der Waals surface area contributed by atoms with E-state index >= 15 is 0 Å². The number of hydrogen-bond acceptors (Lipinski definition) is 4. The normalized spacial score (nSPS) is 20.9. The van der Waals surface area contributed by atoms with Gasteiger partial charge in [0.25, 0.3) is 0 Å². The van der Waals surface area contributed by atoms with Crippen molar-refractivity contribution in [1.82, 2.24) is 14.9 Å². The first-order chi connectivity index (χ1) is 11.9. The standard InChI is InChI=1S/C16H20F3N5O/c1-2-21-15(25)8-24-14-6-11(19)10(18)5-13(14)22-16(24)23-4-3-9(17)12(20)7-23/h5-6,9,12H,2-4,7-8,20H2,1H3,(H,21,25)/t9-,12-/m1/s1. The third-order valence-electron chi connectivity index (χ3n) is 4.30. The molecule has 6 nitrogen and oxygen atoms in total. The molecule has 2 aromatic rings. The van der Waals surface area contributed by atoms with E-state index in [-0.39, 0.29) is 30.9 Å². The molecule has 2 atom stereocenters. The average molecular weight is 355 g/mol. The van der Waals surface area contributed by atoms with Crippen LogP contribution in [-0.4, -0.2) is 47.3 Å². The van der Waals surface area contributed by atoms with Gasteiger partial charge in [-0.15, -0.1) is 0 Å². The third-order valence-corrected chi connectivity index (χ3v) is 4.30. The minimum absolute atomic E-state index is 0.102. The van der Waals surface area contributed by atoms with Crippen molar-refractivity contribution >= 4 is 22.9 Å². The van der Waals surface area contributed by atoms with Crippen LogP contribution in [0.2, 0.25) is 0 Å². The Balaban J connectivity index is 2.05. The highest BCUT2D eigenvalue weighted by molar-refractivity contribution is 5.83. The number of piperidine rings is 1. The van der Waals surface area contributed by atoms with Gasteiger partial charge in [0.2, 0.25) is 11.9 Å². The van der Waals surface area contributed by atoms with Crippen LogP contribution in [0.5, 0.6) is 0 Å². The first kappa shape index (κ1) is 17.5. The number of imidazole rings is 1. The number of amides is 1. The summed E-state index contributed by atoms with van der Waals surface area (Å²) in [4.78, 5) is 18.1. The van der Waals surface area contributed by atoms with Gasteiger partial charge in [0.15, 0.2) is 11.6 Å². The maximum Gasteiger partial charge on any atom is 0.240 e. The van der Waals surface area contributed by atoms with Crippen molar-refractivity contribution < 1.29 is 18.0 Å². The number of nitrogens with one attached hydrogen (secondary N) is 1. The molecule has 136 valence electrons. The van der Waals surface area contributed by atoms with Crippen LogP contribution in [0.3, 0.4) is 0 Å². The summed E-state index contributed by atoms with van der Waals surface area (Å²) in [5.74, 6) is -1.96. The molecule has 2 heterocycles. The Morgan fingerprint density at radius 1 is 1.40 bits per heavy atom. The first-order valence-corrected chi connectivity index (χ1v) is 8.17. The summed E-state index contributed by atoms with van der Waals surface area (Å²) in [6.07, 6.45) is -0.874. The van der Waals surface area contributed by atoms with Crippen molar-refractivity contribution in [2.45, 2.75) is 32.1 Å². The van der Waals surface area contributed by atoms with Crippen LogP contribution in [0.15, 0.2) is 12.1 Å². The highest BCUT2D eigenvalue weighted by Gasteiger charge is 2.29. The number of hydrogen-bond donors (Lipinski definition) is 2. The van der Waals surface area contributed by atoms with Gasteiger partial charge in [0.05, 0.1) is 17.1 Å². The fourth-order valence-corrected chi connectivity index (χ4v) is 3.04. The number of anilines is 1. The smallest absolute Gasteiger partial charge is 0.240 e. The number of rotatable bonds is 4. The molecule has 0 aliphatic carbocycles. The Hall–Kier alpha value is -2.29. The molecule has 1 fully saturated rings. The zero-order valence-corrected chi connectivity index (χ0v) is 13.8. The third kappa shape index (κ3) is 3.41. The Morgan fingerprint density at radius 2 is 2.12 bits per heavy atom. The molecule has 25 heavy (non-hydrogen) atoms. The monoisotopic (exact) mass is 355 g/mol. The largest absolute Gasteiger partial charge is 0.355 e. The van der Waals surface area contributed by atoms with E-state index < -0.39 is 23.8 Å². The molecule has 3 rings (SSSR count). The van der Waals surface area contributed by atoms with E-state index in [2.05, 4.69) is 10.3 Å². The number of carbonyl (C=O) groups is 1. The van der Waals surface area contributed by atoms with E-state index in [0.717, 1.165) is 12.1 Å². The van der Waals surface area contributed by atoms with Crippen molar-refractivity contribution in [3.05, 3.63) is 23.8 Å². The summed E-state index contributed by atoms with van der Waals surface area (Å²) in [7, 11) is 0. The lowest BCUT2D eigenvalue weighted by Gasteiger charge is -2.34. The predicted molar refractivity (Wildman–Crippen MR) is 88.0 cm³/mol. The maximum absolute atomic E-state index is 13.7. The van der Waals surface area contributed by atoms with Crippen LogP contribution in [0.4, 0.5) is 19.1 Å². The van der Waals surface area contributed by atoms with Crippen molar-refractivity contribution in [3.8, 4) is 0 Å². The number of likely N-dealkylation sites (N-methyl/N-ethyl adjacent to an activating group) is 1. The number of nitrogens with two attached hydrogens (primary N) is 1. The Labute approximate surface area is 142 Å². The van der Waals surface area contributed by atoms with Crippen LogP contribution in [0.1, 0.15) is 13.3 Å². The van der Waals surface area contributed by atoms with Gasteiger partial charge in [-0.3, -0.25) is 4.79 Å². The predicted octanol–water partition coefficient (Wildman–Crippen LogP) is 1.33. The summed E-state index contributed by atoms with van der Waals surface area (Å²) in [5.41, 5.74) is 6.33. The topological polar surface area (TPSA) is 76.2 Å². The first-order valence-electron chi connectivity index (χ1n) is 8.17. The fourth-order valence-electron chi connectivity index (χ4n) is 3.04.